The Balaban J connectivity index is 1.60. The predicted molar refractivity (Wildman–Crippen MR) is 88.5 cm³/mol. The number of nitrogens with zero attached hydrogens (tertiary/aromatic N) is 1. The average Bonchev–Trinajstić information content (AvgIpc) is 2.56. The van der Waals surface area contributed by atoms with Crippen LogP contribution in [0.4, 0.5) is 11.4 Å². The van der Waals surface area contributed by atoms with E-state index in [1.54, 1.807) is 4.90 Å². The van der Waals surface area contributed by atoms with Crippen molar-refractivity contribution in [3.63, 3.8) is 0 Å². The highest BCUT2D eigenvalue weighted by molar-refractivity contribution is 5.96. The molecule has 0 spiro atoms. The third-order valence-electron chi connectivity index (χ3n) is 4.20. The van der Waals surface area contributed by atoms with Crippen molar-refractivity contribution in [3.8, 4) is 0 Å². The van der Waals surface area contributed by atoms with Crippen LogP contribution < -0.4 is 15.5 Å². The molecule has 2 amide bonds. The van der Waals surface area contributed by atoms with Gasteiger partial charge < -0.3 is 20.3 Å². The van der Waals surface area contributed by atoms with Crippen molar-refractivity contribution in [2.45, 2.75) is 31.7 Å². The molecule has 0 saturated carbocycles. The van der Waals surface area contributed by atoms with Crippen LogP contribution in [0.3, 0.4) is 0 Å². The number of anilines is 2. The molecule has 1 atom stereocenters. The molecule has 6 nitrogen and oxygen atoms in total. The number of piperidine rings is 1. The molecule has 0 aromatic heterocycles. The molecule has 3 rings (SSSR count). The van der Waals surface area contributed by atoms with Crippen LogP contribution in [0.5, 0.6) is 0 Å². The number of carbonyl (C=O) groups is 2. The number of carbonyl (C=O) groups excluding carboxylic acids is 2. The normalized spacial score (nSPS) is 22.0. The molecular weight excluding hydrogens is 294 g/mol. The van der Waals surface area contributed by atoms with Gasteiger partial charge in [0, 0.05) is 43.3 Å². The molecule has 23 heavy (non-hydrogen) atoms. The summed E-state index contributed by atoms with van der Waals surface area (Å²) in [5.74, 6) is 0.110. The fourth-order valence-electron chi connectivity index (χ4n) is 3.02. The van der Waals surface area contributed by atoms with Crippen LogP contribution >= 0.6 is 0 Å². The van der Waals surface area contributed by atoms with E-state index in [1.165, 1.54) is 0 Å². The topological polar surface area (TPSA) is 70.7 Å². The van der Waals surface area contributed by atoms with Crippen LogP contribution in [0.25, 0.3) is 0 Å². The molecule has 2 fully saturated rings. The number of amides is 2. The monoisotopic (exact) mass is 317 g/mol. The van der Waals surface area contributed by atoms with Gasteiger partial charge in [0.25, 0.3) is 0 Å². The Labute approximate surface area is 136 Å². The zero-order chi connectivity index (χ0) is 16.1. The summed E-state index contributed by atoms with van der Waals surface area (Å²) in [7, 11) is 0. The van der Waals surface area contributed by atoms with Crippen molar-refractivity contribution in [2.24, 2.45) is 0 Å². The van der Waals surface area contributed by atoms with Crippen molar-refractivity contribution in [1.29, 1.82) is 0 Å². The number of rotatable bonds is 4. The van der Waals surface area contributed by atoms with Gasteiger partial charge >= 0.3 is 0 Å². The van der Waals surface area contributed by atoms with E-state index in [-0.39, 0.29) is 17.9 Å². The van der Waals surface area contributed by atoms with Gasteiger partial charge in [-0.2, -0.15) is 0 Å². The van der Waals surface area contributed by atoms with E-state index in [2.05, 4.69) is 10.6 Å². The van der Waals surface area contributed by atoms with E-state index in [1.807, 2.05) is 24.3 Å². The van der Waals surface area contributed by atoms with Crippen LogP contribution in [0.2, 0.25) is 0 Å². The van der Waals surface area contributed by atoms with Crippen LogP contribution in [0, 0.1) is 0 Å². The Morgan fingerprint density at radius 3 is 3.09 bits per heavy atom. The lowest BCUT2D eigenvalue weighted by atomic mass is 10.1. The molecule has 2 aliphatic rings. The van der Waals surface area contributed by atoms with E-state index in [9.17, 15) is 9.59 Å². The van der Waals surface area contributed by atoms with E-state index < -0.39 is 0 Å². The summed E-state index contributed by atoms with van der Waals surface area (Å²) < 4.78 is 5.36. The predicted octanol–water partition coefficient (Wildman–Crippen LogP) is 1.52. The Bertz CT molecular complexity index is 570. The number of hydrogen-bond acceptors (Lipinski definition) is 4. The largest absolute Gasteiger partial charge is 0.378 e. The molecule has 0 bridgehead atoms. The minimum Gasteiger partial charge on any atom is -0.378 e. The van der Waals surface area contributed by atoms with Gasteiger partial charge in [0.2, 0.25) is 11.8 Å². The van der Waals surface area contributed by atoms with Gasteiger partial charge in [-0.3, -0.25) is 9.59 Å². The first-order valence-corrected chi connectivity index (χ1v) is 8.24. The molecule has 2 N–H and O–H groups in total. The minimum absolute atomic E-state index is 0.0462. The molecule has 1 unspecified atom stereocenters. The van der Waals surface area contributed by atoms with Gasteiger partial charge in [0.15, 0.2) is 0 Å². The maximum Gasteiger partial charge on any atom is 0.226 e. The van der Waals surface area contributed by atoms with Crippen LogP contribution in [0.15, 0.2) is 24.3 Å². The first-order valence-electron chi connectivity index (χ1n) is 8.24. The summed E-state index contributed by atoms with van der Waals surface area (Å²) >= 11 is 0. The molecule has 1 aromatic carbocycles. The zero-order valence-corrected chi connectivity index (χ0v) is 13.2. The van der Waals surface area contributed by atoms with E-state index in [0.29, 0.717) is 26.1 Å². The summed E-state index contributed by atoms with van der Waals surface area (Å²) in [4.78, 5) is 26.0. The van der Waals surface area contributed by atoms with E-state index in [4.69, 9.17) is 4.74 Å². The third kappa shape index (κ3) is 4.30. The maximum absolute atomic E-state index is 12.1. The summed E-state index contributed by atoms with van der Waals surface area (Å²) in [6.07, 6.45) is 2.97. The molecule has 2 aliphatic heterocycles. The molecule has 0 aliphatic carbocycles. The lowest BCUT2D eigenvalue weighted by Gasteiger charge is -2.27. The van der Waals surface area contributed by atoms with Gasteiger partial charge in [-0.05, 0) is 31.0 Å². The van der Waals surface area contributed by atoms with Crippen LogP contribution in [-0.4, -0.2) is 44.2 Å². The average molecular weight is 317 g/mol. The number of nitrogens with one attached hydrogen (secondary N) is 2. The van der Waals surface area contributed by atoms with Crippen molar-refractivity contribution in [1.82, 2.24) is 5.32 Å². The molecule has 1 aromatic rings. The summed E-state index contributed by atoms with van der Waals surface area (Å²) in [5.41, 5.74) is 1.58. The van der Waals surface area contributed by atoms with Gasteiger partial charge in [-0.1, -0.05) is 6.07 Å². The number of hydrogen-bond donors (Lipinski definition) is 2. The third-order valence-corrected chi connectivity index (χ3v) is 4.20. The van der Waals surface area contributed by atoms with Crippen LogP contribution in [0.1, 0.15) is 25.7 Å². The van der Waals surface area contributed by atoms with Crippen molar-refractivity contribution < 1.29 is 14.3 Å². The molecule has 6 heteroatoms. The minimum atomic E-state index is -0.0462. The first kappa shape index (κ1) is 16.0. The Morgan fingerprint density at radius 1 is 1.39 bits per heavy atom. The summed E-state index contributed by atoms with van der Waals surface area (Å²) in [6.45, 7) is 2.80. The number of ether oxygens (including phenoxy) is 1. The number of morpholine rings is 1. The van der Waals surface area contributed by atoms with E-state index in [0.717, 1.165) is 37.3 Å². The quantitative estimate of drug-likeness (QED) is 0.883. The second-order valence-corrected chi connectivity index (χ2v) is 6.03. The SMILES string of the molecule is O=C(CC1COCCN1)Nc1cccc(N2CCCCC2=O)c1. The lowest BCUT2D eigenvalue weighted by molar-refractivity contribution is -0.119. The van der Waals surface area contributed by atoms with Crippen molar-refractivity contribution in [2.75, 3.05) is 36.5 Å². The van der Waals surface area contributed by atoms with Gasteiger partial charge in [-0.15, -0.1) is 0 Å². The molecule has 124 valence electrons. The Hall–Kier alpha value is -1.92. The highest BCUT2D eigenvalue weighted by Gasteiger charge is 2.20. The highest BCUT2D eigenvalue weighted by atomic mass is 16.5. The molecular formula is C17H23N3O3. The Kier molecular flexibility index (Phi) is 5.25. The highest BCUT2D eigenvalue weighted by Crippen LogP contribution is 2.24. The first-order chi connectivity index (χ1) is 11.2. The van der Waals surface area contributed by atoms with Gasteiger partial charge in [0.1, 0.15) is 0 Å². The molecule has 0 radical (unpaired) electrons. The fraction of sp³-hybridized carbons (Fsp3) is 0.529. The van der Waals surface area contributed by atoms with Gasteiger partial charge in [-0.25, -0.2) is 0 Å². The molecule has 2 saturated heterocycles. The number of benzene rings is 1. The summed E-state index contributed by atoms with van der Waals surface area (Å²) in [6, 6.07) is 7.56. The fourth-order valence-corrected chi connectivity index (χ4v) is 3.02. The van der Waals surface area contributed by atoms with Gasteiger partial charge in [0.05, 0.1) is 13.2 Å². The van der Waals surface area contributed by atoms with Crippen molar-refractivity contribution in [3.05, 3.63) is 24.3 Å². The maximum atomic E-state index is 12.1. The second kappa shape index (κ2) is 7.57. The van der Waals surface area contributed by atoms with Crippen LogP contribution in [-0.2, 0) is 14.3 Å². The Morgan fingerprint density at radius 2 is 2.30 bits per heavy atom. The van der Waals surface area contributed by atoms with E-state index >= 15 is 0 Å². The zero-order valence-electron chi connectivity index (χ0n) is 13.2. The summed E-state index contributed by atoms with van der Waals surface area (Å²) in [5, 5.41) is 6.18. The standard InChI is InChI=1S/C17H23N3O3/c21-16(11-14-12-23-9-7-18-14)19-13-4-3-5-15(10-13)20-8-2-1-6-17(20)22/h3-5,10,14,18H,1-2,6-9,11-12H2,(H,19,21). The van der Waals surface area contributed by atoms with Crippen molar-refractivity contribution >= 4 is 23.2 Å². The lowest BCUT2D eigenvalue weighted by Crippen LogP contribution is -2.43. The smallest absolute Gasteiger partial charge is 0.226 e. The molecule has 2 heterocycles. The second-order valence-electron chi connectivity index (χ2n) is 6.03.